The summed E-state index contributed by atoms with van der Waals surface area (Å²) in [6.45, 7) is 1.84. The lowest BCUT2D eigenvalue weighted by Gasteiger charge is -2.34. The van der Waals surface area contributed by atoms with Gasteiger partial charge in [0, 0.05) is 11.1 Å². The Balaban J connectivity index is 2.07. The summed E-state index contributed by atoms with van der Waals surface area (Å²) in [7, 11) is -2.99. The summed E-state index contributed by atoms with van der Waals surface area (Å²) >= 11 is 0. The molecule has 0 bridgehead atoms. The number of Topliss-reactive ketones (excluding diaryl/α,β-unsaturated/α-hetero) is 1. The van der Waals surface area contributed by atoms with Gasteiger partial charge in [-0.3, -0.25) is 4.79 Å². The smallest absolute Gasteiger partial charge is 0.318 e. The fourth-order valence-corrected chi connectivity index (χ4v) is 5.07. The van der Waals surface area contributed by atoms with Crippen LogP contribution in [-0.2, 0) is 9.98 Å². The van der Waals surface area contributed by atoms with Gasteiger partial charge < -0.3 is 10.00 Å². The normalized spacial score (nSPS) is 21.3. The van der Waals surface area contributed by atoms with E-state index < -0.39 is 19.1 Å². The molecule has 5 heteroatoms. The van der Waals surface area contributed by atoms with E-state index in [1.54, 1.807) is 36.4 Å². The average molecular weight is 402 g/mol. The molecule has 3 aromatic carbocycles. The number of phenolic OH excluding ortho intramolecular Hbond substituents is 1. The highest BCUT2D eigenvalue weighted by Crippen LogP contribution is 2.48. The van der Waals surface area contributed by atoms with E-state index in [1.807, 2.05) is 43.3 Å². The van der Waals surface area contributed by atoms with Gasteiger partial charge in [0.2, 0.25) is 0 Å². The van der Waals surface area contributed by atoms with Crippen molar-refractivity contribution in [2.45, 2.75) is 18.0 Å². The van der Waals surface area contributed by atoms with E-state index in [2.05, 4.69) is 0 Å². The lowest BCUT2D eigenvalue weighted by atomic mass is 9.68. The van der Waals surface area contributed by atoms with Crippen molar-refractivity contribution >= 4 is 24.6 Å². The topological polar surface area (TPSA) is 77.4 Å². The standard InChI is InChI=1S/C24H19O4P/c1-16-13-14-17-8-2-3-9-18(17)22(16)23(26)24(19-10-4-5-11-20(19)25)15-7-6-12-21(24)29(27)28/h2-15,21,25H,1H3. The third kappa shape index (κ3) is 3.02. The molecule has 4 nitrogen and oxygen atoms in total. The Morgan fingerprint density at radius 1 is 1.03 bits per heavy atom. The van der Waals surface area contributed by atoms with Gasteiger partial charge in [-0.25, -0.2) is 0 Å². The largest absolute Gasteiger partial charge is 0.595 e. The number of phenols is 1. The number of ketones is 1. The Hall–Kier alpha value is -3.07. The molecule has 3 unspecified atom stereocenters. The van der Waals surface area contributed by atoms with Crippen LogP contribution in [0.4, 0.5) is 0 Å². The monoisotopic (exact) mass is 402 g/mol. The number of hydrogen-bond acceptors (Lipinski definition) is 4. The molecule has 0 saturated heterocycles. The number of fused-ring (bicyclic) bond motifs is 1. The number of aryl methyl sites for hydroxylation is 1. The summed E-state index contributed by atoms with van der Waals surface area (Å²) in [5.74, 6) is -0.460. The fourth-order valence-electron chi connectivity index (χ4n) is 4.16. The van der Waals surface area contributed by atoms with Crippen molar-refractivity contribution in [3.63, 3.8) is 0 Å². The summed E-state index contributed by atoms with van der Waals surface area (Å²) < 4.78 is 12.3. The molecule has 0 fully saturated rings. The van der Waals surface area contributed by atoms with Crippen LogP contribution in [0.2, 0.25) is 0 Å². The number of hydrogen-bond donors (Lipinski definition) is 1. The predicted octanol–water partition coefficient (Wildman–Crippen LogP) is 4.57. The van der Waals surface area contributed by atoms with Gasteiger partial charge in [-0.2, -0.15) is 0 Å². The molecule has 1 N–H and O–H groups in total. The van der Waals surface area contributed by atoms with Gasteiger partial charge in [0.15, 0.2) is 11.4 Å². The molecule has 29 heavy (non-hydrogen) atoms. The second-order valence-corrected chi connectivity index (χ2v) is 8.30. The number of allylic oxidation sites excluding steroid dienone is 4. The second kappa shape index (κ2) is 7.40. The van der Waals surface area contributed by atoms with Gasteiger partial charge >= 0.3 is 8.03 Å². The zero-order chi connectivity index (χ0) is 20.6. The first-order chi connectivity index (χ1) is 14.0. The predicted molar refractivity (Wildman–Crippen MR) is 112 cm³/mol. The number of benzene rings is 3. The van der Waals surface area contributed by atoms with E-state index in [0.717, 1.165) is 16.3 Å². The zero-order valence-electron chi connectivity index (χ0n) is 15.8. The van der Waals surface area contributed by atoms with Gasteiger partial charge in [0.25, 0.3) is 0 Å². The summed E-state index contributed by atoms with van der Waals surface area (Å²) in [5, 5.41) is 12.3. The van der Waals surface area contributed by atoms with Gasteiger partial charge in [0.05, 0.1) is 0 Å². The molecule has 0 amide bonds. The van der Waals surface area contributed by atoms with Crippen molar-refractivity contribution in [1.29, 1.82) is 0 Å². The SMILES string of the molecule is Cc1ccc2ccccc2c1C(=O)C1(c2ccccc2O)C=CC=CC1[P+](=O)[O-]. The number of carbonyl (C=O) groups is 1. The number of rotatable bonds is 4. The second-order valence-electron chi connectivity index (χ2n) is 7.17. The molecule has 0 saturated carbocycles. The van der Waals surface area contributed by atoms with Crippen molar-refractivity contribution in [3.05, 3.63) is 102 Å². The maximum Gasteiger partial charge on any atom is 0.318 e. The van der Waals surface area contributed by atoms with Crippen LogP contribution in [0.15, 0.2) is 85.0 Å². The molecule has 3 aromatic rings. The minimum atomic E-state index is -2.99. The van der Waals surface area contributed by atoms with Gasteiger partial charge in [-0.15, -0.1) is 0 Å². The van der Waals surface area contributed by atoms with Crippen LogP contribution in [-0.4, -0.2) is 16.5 Å². The highest BCUT2D eigenvalue weighted by molar-refractivity contribution is 7.37. The first-order valence-electron chi connectivity index (χ1n) is 9.28. The summed E-state index contributed by atoms with van der Waals surface area (Å²) in [4.78, 5) is 26.4. The molecule has 0 radical (unpaired) electrons. The highest BCUT2D eigenvalue weighted by atomic mass is 31.1. The minimum absolute atomic E-state index is 0.111. The molecule has 1 aliphatic rings. The number of aromatic hydroxyl groups is 1. The third-order valence-electron chi connectivity index (χ3n) is 5.55. The fraction of sp³-hybridized carbons (Fsp3) is 0.125. The molecule has 0 aromatic heterocycles. The lowest BCUT2D eigenvalue weighted by molar-refractivity contribution is -0.166. The third-order valence-corrected chi connectivity index (χ3v) is 6.58. The molecular formula is C24H19O4P. The Bertz CT molecular complexity index is 1190. The van der Waals surface area contributed by atoms with Gasteiger partial charge in [-0.1, -0.05) is 77.4 Å². The number of carbonyl (C=O) groups excluding carboxylic acids is 1. The Kier molecular flexibility index (Phi) is 4.91. The Morgan fingerprint density at radius 3 is 2.52 bits per heavy atom. The van der Waals surface area contributed by atoms with Crippen molar-refractivity contribution in [1.82, 2.24) is 0 Å². The molecule has 4 rings (SSSR count). The van der Waals surface area contributed by atoms with Crippen LogP contribution in [0.25, 0.3) is 10.8 Å². The van der Waals surface area contributed by atoms with Crippen LogP contribution in [0.1, 0.15) is 21.5 Å². The van der Waals surface area contributed by atoms with Crippen molar-refractivity contribution in [3.8, 4) is 5.75 Å². The Labute approximate surface area is 169 Å². The molecule has 1 aliphatic carbocycles. The van der Waals surface area contributed by atoms with Crippen molar-refractivity contribution in [2.24, 2.45) is 0 Å². The van der Waals surface area contributed by atoms with Gasteiger partial charge in [-0.05, 0) is 35.4 Å². The van der Waals surface area contributed by atoms with Crippen molar-refractivity contribution < 1.29 is 19.4 Å². The molecule has 3 atom stereocenters. The highest BCUT2D eigenvalue weighted by Gasteiger charge is 2.53. The van der Waals surface area contributed by atoms with Gasteiger partial charge in [0.1, 0.15) is 11.2 Å². The van der Waals surface area contributed by atoms with E-state index in [9.17, 15) is 19.4 Å². The summed E-state index contributed by atoms with van der Waals surface area (Å²) in [6, 6.07) is 17.8. The number of para-hydroxylation sites is 1. The lowest BCUT2D eigenvalue weighted by Crippen LogP contribution is -2.45. The molecule has 0 spiro atoms. The van der Waals surface area contributed by atoms with E-state index in [1.165, 1.54) is 12.1 Å². The maximum atomic E-state index is 14.2. The molecule has 0 heterocycles. The van der Waals surface area contributed by atoms with E-state index in [0.29, 0.717) is 5.56 Å². The molecule has 144 valence electrons. The Morgan fingerprint density at radius 2 is 1.76 bits per heavy atom. The van der Waals surface area contributed by atoms with Crippen LogP contribution in [0, 0.1) is 6.92 Å². The minimum Gasteiger partial charge on any atom is -0.595 e. The summed E-state index contributed by atoms with van der Waals surface area (Å²) in [5.41, 5.74) is -1.16. The maximum absolute atomic E-state index is 14.2. The molecule has 0 aliphatic heterocycles. The first kappa shape index (κ1) is 19.3. The zero-order valence-corrected chi connectivity index (χ0v) is 16.7. The van der Waals surface area contributed by atoms with E-state index >= 15 is 0 Å². The van der Waals surface area contributed by atoms with Crippen molar-refractivity contribution in [2.75, 3.05) is 0 Å². The van der Waals surface area contributed by atoms with Crippen LogP contribution in [0.5, 0.6) is 5.75 Å². The van der Waals surface area contributed by atoms with Crippen LogP contribution < -0.4 is 4.89 Å². The van der Waals surface area contributed by atoms with E-state index in [-0.39, 0.29) is 17.1 Å². The van der Waals surface area contributed by atoms with Crippen LogP contribution in [0.3, 0.4) is 0 Å². The summed E-state index contributed by atoms with van der Waals surface area (Å²) in [6.07, 6.45) is 6.40. The quantitative estimate of drug-likeness (QED) is 0.512. The molecular weight excluding hydrogens is 383 g/mol. The first-order valence-corrected chi connectivity index (χ1v) is 10.5. The van der Waals surface area contributed by atoms with Crippen LogP contribution >= 0.6 is 8.03 Å². The average Bonchev–Trinajstić information content (AvgIpc) is 2.73. The van der Waals surface area contributed by atoms with E-state index in [4.69, 9.17) is 0 Å².